The maximum Gasteiger partial charge on any atom is 0.298 e. The van der Waals surface area contributed by atoms with Crippen molar-refractivity contribution in [2.24, 2.45) is 5.92 Å². The van der Waals surface area contributed by atoms with Gasteiger partial charge in [-0.2, -0.15) is 20.0 Å². The lowest BCUT2D eigenvalue weighted by atomic mass is 9.82. The van der Waals surface area contributed by atoms with Gasteiger partial charge in [0, 0.05) is 31.1 Å². The van der Waals surface area contributed by atoms with Gasteiger partial charge < -0.3 is 14.2 Å². The van der Waals surface area contributed by atoms with Crippen molar-refractivity contribution in [2.75, 3.05) is 24.5 Å². The molecule has 35 heavy (non-hydrogen) atoms. The number of nitrogens with zero attached hydrogens (tertiary/aromatic N) is 6. The second-order valence-electron chi connectivity index (χ2n) is 9.28. The van der Waals surface area contributed by atoms with Gasteiger partial charge in [-0.3, -0.25) is 4.79 Å². The zero-order valence-corrected chi connectivity index (χ0v) is 19.6. The van der Waals surface area contributed by atoms with Crippen LogP contribution in [-0.4, -0.2) is 56.5 Å². The lowest BCUT2D eigenvalue weighted by Crippen LogP contribution is -2.65. The van der Waals surface area contributed by atoms with Crippen LogP contribution in [0.25, 0.3) is 17.0 Å². The summed E-state index contributed by atoms with van der Waals surface area (Å²) in [5.74, 6) is 0.706. The van der Waals surface area contributed by atoms with Crippen molar-refractivity contribution in [2.45, 2.75) is 26.3 Å². The van der Waals surface area contributed by atoms with Gasteiger partial charge in [0.15, 0.2) is 5.76 Å². The fourth-order valence-corrected chi connectivity index (χ4v) is 5.11. The van der Waals surface area contributed by atoms with Gasteiger partial charge in [-0.25, -0.2) is 4.39 Å². The fraction of sp³-hybridized carbons (Fsp3) is 0.308. The molecule has 0 saturated carbocycles. The largest absolute Gasteiger partial charge is 0.423 e. The number of carbonyl (C=O) groups is 1. The predicted octanol–water partition coefficient (Wildman–Crippen LogP) is 4.03. The molecule has 2 aromatic heterocycles. The van der Waals surface area contributed by atoms with Crippen molar-refractivity contribution in [3.63, 3.8) is 0 Å². The van der Waals surface area contributed by atoms with E-state index < -0.39 is 0 Å². The van der Waals surface area contributed by atoms with E-state index in [4.69, 9.17) is 4.42 Å². The van der Waals surface area contributed by atoms with Crippen molar-refractivity contribution in [3.05, 3.63) is 77.5 Å². The Hall–Kier alpha value is -4.01. The molecular formula is C26H25FN6O2. The number of halogens is 1. The molecular weight excluding hydrogens is 447 g/mol. The summed E-state index contributed by atoms with van der Waals surface area (Å²) in [6, 6.07) is 12.7. The van der Waals surface area contributed by atoms with Gasteiger partial charge in [0.25, 0.3) is 11.9 Å². The smallest absolute Gasteiger partial charge is 0.298 e. The first-order chi connectivity index (χ1) is 17.0. The summed E-state index contributed by atoms with van der Waals surface area (Å²) in [6.07, 6.45) is 4.12. The highest BCUT2D eigenvalue weighted by atomic mass is 19.1. The third-order valence-electron chi connectivity index (χ3n) is 6.97. The molecule has 0 unspecified atom stereocenters. The summed E-state index contributed by atoms with van der Waals surface area (Å²) in [4.78, 5) is 23.8. The number of hydrogen-bond acceptors (Lipinski definition) is 6. The Balaban J connectivity index is 1.24. The highest BCUT2D eigenvalue weighted by molar-refractivity contribution is 5.98. The van der Waals surface area contributed by atoms with Crippen LogP contribution in [0, 0.1) is 25.6 Å². The SMILES string of the molecule is Cc1ccc(-n2nccn2)c(C(=O)N2CC[C@@H]3CN(c4nc(C)c(-c5cccc(F)c5)o4)[C@@H]3C2)c1. The first-order valence-corrected chi connectivity index (χ1v) is 11.7. The molecule has 2 aliphatic heterocycles. The van der Waals surface area contributed by atoms with Crippen LogP contribution in [0.3, 0.4) is 0 Å². The van der Waals surface area contributed by atoms with Crippen LogP contribution in [0.1, 0.15) is 28.0 Å². The highest BCUT2D eigenvalue weighted by Gasteiger charge is 2.46. The Morgan fingerprint density at radius 1 is 1.09 bits per heavy atom. The molecule has 8 nitrogen and oxygen atoms in total. The summed E-state index contributed by atoms with van der Waals surface area (Å²) in [5, 5.41) is 8.44. The van der Waals surface area contributed by atoms with Crippen molar-refractivity contribution >= 4 is 11.9 Å². The van der Waals surface area contributed by atoms with Crippen LogP contribution in [0.15, 0.2) is 59.3 Å². The number of fused-ring (bicyclic) bond motifs is 1. The van der Waals surface area contributed by atoms with Crippen LogP contribution in [0.2, 0.25) is 0 Å². The van der Waals surface area contributed by atoms with Crippen LogP contribution in [-0.2, 0) is 0 Å². The van der Waals surface area contributed by atoms with Gasteiger partial charge in [-0.1, -0.05) is 23.8 Å². The number of rotatable bonds is 4. The van der Waals surface area contributed by atoms with E-state index in [-0.39, 0.29) is 17.8 Å². The second kappa shape index (κ2) is 8.33. The van der Waals surface area contributed by atoms with Gasteiger partial charge in [0.1, 0.15) is 5.82 Å². The monoisotopic (exact) mass is 472 g/mol. The molecule has 0 aliphatic carbocycles. The summed E-state index contributed by atoms with van der Waals surface area (Å²) in [7, 11) is 0. The van der Waals surface area contributed by atoms with Crippen LogP contribution in [0.4, 0.5) is 10.4 Å². The van der Waals surface area contributed by atoms with E-state index in [0.29, 0.717) is 53.3 Å². The molecule has 178 valence electrons. The number of anilines is 1. The van der Waals surface area contributed by atoms with Crippen molar-refractivity contribution in [1.82, 2.24) is 24.9 Å². The molecule has 0 N–H and O–H groups in total. The molecule has 4 heterocycles. The topological polar surface area (TPSA) is 80.3 Å². The minimum Gasteiger partial charge on any atom is -0.423 e. The maximum atomic E-state index is 13.7. The average molecular weight is 473 g/mol. The standard InChI is InChI=1S/C26H25FN6O2/c1-16-6-7-22(33-28-9-10-29-33)21(12-16)25(34)31-11-8-19-14-32(23(19)15-31)26-30-17(2)24(35-26)18-4-3-5-20(27)13-18/h3-7,9-10,12-13,19,23H,8,11,14-15H2,1-2H3/t19-,23-/m1/s1. The zero-order valence-electron chi connectivity index (χ0n) is 19.6. The van der Waals surface area contributed by atoms with E-state index in [0.717, 1.165) is 18.5 Å². The third-order valence-corrected chi connectivity index (χ3v) is 6.97. The summed E-state index contributed by atoms with van der Waals surface area (Å²) in [6.45, 7) is 5.96. The van der Waals surface area contributed by atoms with E-state index in [1.807, 2.05) is 43.0 Å². The summed E-state index contributed by atoms with van der Waals surface area (Å²) >= 11 is 0. The van der Waals surface area contributed by atoms with Gasteiger partial charge in [0.2, 0.25) is 0 Å². The van der Waals surface area contributed by atoms with E-state index in [9.17, 15) is 9.18 Å². The molecule has 9 heteroatoms. The molecule has 2 aliphatic rings. The first kappa shape index (κ1) is 21.5. The Labute approximate surface area is 202 Å². The number of carbonyl (C=O) groups excluding carboxylic acids is 1. The number of amides is 1. The molecule has 2 aromatic carbocycles. The number of aromatic nitrogens is 4. The van der Waals surface area contributed by atoms with Crippen molar-refractivity contribution in [3.8, 4) is 17.0 Å². The van der Waals surface area contributed by atoms with Crippen LogP contribution >= 0.6 is 0 Å². The highest BCUT2D eigenvalue weighted by Crippen LogP contribution is 2.39. The molecule has 4 aromatic rings. The van der Waals surface area contributed by atoms with Gasteiger partial charge in [0.05, 0.1) is 35.4 Å². The molecule has 6 rings (SSSR count). The number of oxazole rings is 1. The van der Waals surface area contributed by atoms with Crippen molar-refractivity contribution in [1.29, 1.82) is 0 Å². The first-order valence-electron chi connectivity index (χ1n) is 11.7. The minimum absolute atomic E-state index is 0.0321. The van der Waals surface area contributed by atoms with E-state index in [1.54, 1.807) is 18.5 Å². The number of hydrogen-bond donors (Lipinski definition) is 0. The molecule has 2 fully saturated rings. The second-order valence-corrected chi connectivity index (χ2v) is 9.28. The lowest BCUT2D eigenvalue weighted by Gasteiger charge is -2.52. The Morgan fingerprint density at radius 3 is 2.71 bits per heavy atom. The molecule has 1 amide bonds. The fourth-order valence-electron chi connectivity index (χ4n) is 5.11. The number of likely N-dealkylation sites (tertiary alicyclic amines) is 1. The minimum atomic E-state index is -0.314. The molecule has 2 atom stereocenters. The predicted molar refractivity (Wildman–Crippen MR) is 128 cm³/mol. The van der Waals surface area contributed by atoms with E-state index in [2.05, 4.69) is 20.1 Å². The summed E-state index contributed by atoms with van der Waals surface area (Å²) < 4.78 is 19.8. The Bertz CT molecular complexity index is 1400. The van der Waals surface area contributed by atoms with Crippen LogP contribution < -0.4 is 4.90 Å². The number of piperidine rings is 1. The molecule has 0 radical (unpaired) electrons. The zero-order chi connectivity index (χ0) is 24.1. The molecule has 0 bridgehead atoms. The van der Waals surface area contributed by atoms with Crippen molar-refractivity contribution < 1.29 is 13.6 Å². The lowest BCUT2D eigenvalue weighted by molar-refractivity contribution is 0.0582. The third kappa shape index (κ3) is 3.77. The van der Waals surface area contributed by atoms with Gasteiger partial charge in [-0.05, 0) is 44.5 Å². The molecule has 2 saturated heterocycles. The van der Waals surface area contributed by atoms with E-state index in [1.165, 1.54) is 16.9 Å². The average Bonchev–Trinajstić information content (AvgIpc) is 3.49. The van der Waals surface area contributed by atoms with Gasteiger partial charge in [-0.15, -0.1) is 0 Å². The van der Waals surface area contributed by atoms with Crippen LogP contribution in [0.5, 0.6) is 0 Å². The summed E-state index contributed by atoms with van der Waals surface area (Å²) in [5.41, 5.74) is 3.64. The van der Waals surface area contributed by atoms with Gasteiger partial charge >= 0.3 is 0 Å². The number of benzene rings is 2. The quantitative estimate of drug-likeness (QED) is 0.446. The number of aryl methyl sites for hydroxylation is 2. The molecule has 0 spiro atoms. The maximum absolute atomic E-state index is 13.7. The normalized spacial score (nSPS) is 19.4. The Kier molecular flexibility index (Phi) is 5.12. The van der Waals surface area contributed by atoms with E-state index >= 15 is 0 Å². The Morgan fingerprint density at radius 2 is 1.91 bits per heavy atom.